The van der Waals surface area contributed by atoms with Crippen LogP contribution in [0.3, 0.4) is 0 Å². The summed E-state index contributed by atoms with van der Waals surface area (Å²) in [7, 11) is 0. The van der Waals surface area contributed by atoms with Gasteiger partial charge in [-0.3, -0.25) is 0 Å². The van der Waals surface area contributed by atoms with Crippen molar-refractivity contribution in [3.63, 3.8) is 0 Å². The van der Waals surface area contributed by atoms with Crippen LogP contribution in [0.2, 0.25) is 0 Å². The third-order valence-corrected chi connectivity index (χ3v) is 1.96. The fourth-order valence-electron chi connectivity index (χ4n) is 1.26. The standard InChI is InChI=1S/C13H16O/c1-4-8-12-9-6-7-10-13(12)14-11(3)5-2/h5-7,9-10H,2-4,8H2,1H3. The highest BCUT2D eigenvalue weighted by Crippen LogP contribution is 2.21. The second-order valence-corrected chi connectivity index (χ2v) is 3.13. The van der Waals surface area contributed by atoms with Gasteiger partial charge >= 0.3 is 0 Å². The summed E-state index contributed by atoms with van der Waals surface area (Å²) < 4.78 is 5.53. The summed E-state index contributed by atoms with van der Waals surface area (Å²) in [6.07, 6.45) is 3.75. The summed E-state index contributed by atoms with van der Waals surface area (Å²) in [6, 6.07) is 8.02. The molecular weight excluding hydrogens is 172 g/mol. The molecule has 74 valence electrons. The molecule has 1 heteroatoms. The molecule has 0 unspecified atom stereocenters. The van der Waals surface area contributed by atoms with E-state index in [-0.39, 0.29) is 0 Å². The lowest BCUT2D eigenvalue weighted by atomic mass is 10.1. The number of benzene rings is 1. The molecule has 0 saturated carbocycles. The van der Waals surface area contributed by atoms with E-state index >= 15 is 0 Å². The van der Waals surface area contributed by atoms with E-state index in [9.17, 15) is 0 Å². The molecule has 0 bridgehead atoms. The molecule has 0 spiro atoms. The van der Waals surface area contributed by atoms with E-state index in [1.54, 1.807) is 6.08 Å². The molecule has 0 aliphatic carbocycles. The van der Waals surface area contributed by atoms with Crippen LogP contribution in [0.5, 0.6) is 5.75 Å². The van der Waals surface area contributed by atoms with Crippen LogP contribution < -0.4 is 4.74 Å². The second-order valence-electron chi connectivity index (χ2n) is 3.13. The lowest BCUT2D eigenvalue weighted by molar-refractivity contribution is 0.441. The van der Waals surface area contributed by atoms with Crippen molar-refractivity contribution in [1.82, 2.24) is 0 Å². The summed E-state index contributed by atoms with van der Waals surface area (Å²) in [6.45, 7) is 9.49. The topological polar surface area (TPSA) is 9.23 Å². The highest BCUT2D eigenvalue weighted by molar-refractivity contribution is 5.35. The van der Waals surface area contributed by atoms with Crippen LogP contribution in [0.15, 0.2) is 49.3 Å². The molecular formula is C13H16O. The van der Waals surface area contributed by atoms with Crippen molar-refractivity contribution in [3.8, 4) is 5.75 Å². The molecule has 0 radical (unpaired) electrons. The molecule has 0 fully saturated rings. The minimum absolute atomic E-state index is 0.591. The number of rotatable bonds is 5. The van der Waals surface area contributed by atoms with Crippen molar-refractivity contribution >= 4 is 0 Å². The first kappa shape index (κ1) is 10.6. The van der Waals surface area contributed by atoms with E-state index in [2.05, 4.69) is 26.1 Å². The summed E-state index contributed by atoms with van der Waals surface area (Å²) in [5, 5.41) is 0. The average molecular weight is 188 g/mol. The molecule has 0 N–H and O–H groups in total. The molecule has 0 atom stereocenters. The predicted octanol–water partition coefficient (Wildman–Crippen LogP) is 3.72. The minimum Gasteiger partial charge on any atom is -0.458 e. The number of allylic oxidation sites excluding steroid dienone is 1. The molecule has 1 aromatic carbocycles. The number of para-hydroxylation sites is 1. The van der Waals surface area contributed by atoms with Crippen LogP contribution in [0, 0.1) is 0 Å². The fraction of sp³-hybridized carbons (Fsp3) is 0.231. The first-order valence-corrected chi connectivity index (χ1v) is 4.85. The van der Waals surface area contributed by atoms with Crippen molar-refractivity contribution in [2.45, 2.75) is 19.8 Å². The Kier molecular flexibility index (Phi) is 3.99. The van der Waals surface area contributed by atoms with E-state index in [1.807, 2.05) is 18.2 Å². The predicted molar refractivity (Wildman–Crippen MR) is 60.4 cm³/mol. The van der Waals surface area contributed by atoms with Gasteiger partial charge in [-0.15, -0.1) is 0 Å². The maximum atomic E-state index is 5.53. The molecule has 0 aromatic heterocycles. The fourth-order valence-corrected chi connectivity index (χ4v) is 1.26. The van der Waals surface area contributed by atoms with Gasteiger partial charge in [0.1, 0.15) is 11.5 Å². The van der Waals surface area contributed by atoms with Crippen LogP contribution in [-0.2, 0) is 6.42 Å². The molecule has 0 aliphatic heterocycles. The van der Waals surface area contributed by atoms with E-state index in [0.29, 0.717) is 5.76 Å². The molecule has 1 nitrogen and oxygen atoms in total. The molecule has 0 heterocycles. The SMILES string of the molecule is C=CC(=C)Oc1ccccc1CCC. The van der Waals surface area contributed by atoms with Crippen LogP contribution in [0.1, 0.15) is 18.9 Å². The van der Waals surface area contributed by atoms with Crippen molar-refractivity contribution < 1.29 is 4.74 Å². The quantitative estimate of drug-likeness (QED) is 0.505. The van der Waals surface area contributed by atoms with Crippen LogP contribution >= 0.6 is 0 Å². The second kappa shape index (κ2) is 5.28. The van der Waals surface area contributed by atoms with Crippen molar-refractivity contribution in [1.29, 1.82) is 0 Å². The first-order chi connectivity index (χ1) is 6.77. The Balaban J connectivity index is 2.83. The van der Waals surface area contributed by atoms with Crippen molar-refractivity contribution in [2.24, 2.45) is 0 Å². The lowest BCUT2D eigenvalue weighted by Gasteiger charge is -2.09. The molecule has 0 amide bonds. The maximum absolute atomic E-state index is 5.53. The summed E-state index contributed by atoms with van der Waals surface area (Å²) in [4.78, 5) is 0. The van der Waals surface area contributed by atoms with Gasteiger partial charge in [-0.05, 0) is 24.1 Å². The summed E-state index contributed by atoms with van der Waals surface area (Å²) in [5.74, 6) is 1.48. The Bertz CT molecular complexity index is 326. The first-order valence-electron chi connectivity index (χ1n) is 4.85. The monoisotopic (exact) mass is 188 g/mol. The van der Waals surface area contributed by atoms with Crippen LogP contribution in [0.25, 0.3) is 0 Å². The van der Waals surface area contributed by atoms with Crippen LogP contribution in [-0.4, -0.2) is 0 Å². The van der Waals surface area contributed by atoms with Gasteiger partial charge in [-0.2, -0.15) is 0 Å². The van der Waals surface area contributed by atoms with Gasteiger partial charge in [0.2, 0.25) is 0 Å². The normalized spacial score (nSPS) is 9.50. The molecule has 1 rings (SSSR count). The molecule has 14 heavy (non-hydrogen) atoms. The minimum atomic E-state index is 0.591. The van der Waals surface area contributed by atoms with Gasteiger partial charge in [-0.1, -0.05) is 44.7 Å². The Hall–Kier alpha value is -1.50. The van der Waals surface area contributed by atoms with Gasteiger partial charge in [0, 0.05) is 0 Å². The van der Waals surface area contributed by atoms with E-state index < -0.39 is 0 Å². The number of hydrogen-bond acceptors (Lipinski definition) is 1. The van der Waals surface area contributed by atoms with Crippen molar-refractivity contribution in [3.05, 3.63) is 54.8 Å². The molecule has 0 aliphatic rings. The Labute approximate surface area is 85.7 Å². The van der Waals surface area contributed by atoms with Gasteiger partial charge in [0.05, 0.1) is 0 Å². The Morgan fingerprint density at radius 2 is 2.14 bits per heavy atom. The van der Waals surface area contributed by atoms with E-state index in [1.165, 1.54) is 5.56 Å². The highest BCUT2D eigenvalue weighted by Gasteiger charge is 2.01. The van der Waals surface area contributed by atoms with E-state index in [4.69, 9.17) is 4.74 Å². The van der Waals surface area contributed by atoms with Gasteiger partial charge in [0.15, 0.2) is 0 Å². The number of hydrogen-bond donors (Lipinski definition) is 0. The zero-order chi connectivity index (χ0) is 10.4. The summed E-state index contributed by atoms with van der Waals surface area (Å²) in [5.41, 5.74) is 1.22. The Morgan fingerprint density at radius 1 is 1.43 bits per heavy atom. The molecule has 1 aromatic rings. The average Bonchev–Trinajstić information content (AvgIpc) is 2.21. The van der Waals surface area contributed by atoms with Crippen LogP contribution in [0.4, 0.5) is 0 Å². The number of aryl methyl sites for hydroxylation is 1. The summed E-state index contributed by atoms with van der Waals surface area (Å²) >= 11 is 0. The number of ether oxygens (including phenoxy) is 1. The van der Waals surface area contributed by atoms with Crippen molar-refractivity contribution in [2.75, 3.05) is 0 Å². The molecule has 0 saturated heterocycles. The smallest absolute Gasteiger partial charge is 0.130 e. The van der Waals surface area contributed by atoms with E-state index in [0.717, 1.165) is 18.6 Å². The van der Waals surface area contributed by atoms with Gasteiger partial charge < -0.3 is 4.74 Å². The zero-order valence-electron chi connectivity index (χ0n) is 8.62. The third-order valence-electron chi connectivity index (χ3n) is 1.96. The van der Waals surface area contributed by atoms with Gasteiger partial charge in [-0.25, -0.2) is 0 Å². The maximum Gasteiger partial charge on any atom is 0.130 e. The zero-order valence-corrected chi connectivity index (χ0v) is 8.62. The largest absolute Gasteiger partial charge is 0.458 e. The Morgan fingerprint density at radius 3 is 2.79 bits per heavy atom. The highest BCUT2D eigenvalue weighted by atomic mass is 16.5. The third kappa shape index (κ3) is 2.77. The lowest BCUT2D eigenvalue weighted by Crippen LogP contribution is -1.94. The van der Waals surface area contributed by atoms with Gasteiger partial charge in [0.25, 0.3) is 0 Å².